The van der Waals surface area contributed by atoms with Crippen LogP contribution in [-0.2, 0) is 15.8 Å². The van der Waals surface area contributed by atoms with E-state index in [1.807, 2.05) is 0 Å². The largest absolute Gasteiger partial charge is 0.416 e. The smallest absolute Gasteiger partial charge is 0.273 e. The van der Waals surface area contributed by atoms with Crippen molar-refractivity contribution in [2.45, 2.75) is 25.9 Å². The van der Waals surface area contributed by atoms with E-state index in [-0.39, 0.29) is 12.5 Å². The normalized spacial score (nSPS) is 15.6. The Hall–Kier alpha value is -2.71. The summed E-state index contributed by atoms with van der Waals surface area (Å²) in [6.07, 6.45) is -2.31. The molecule has 0 aliphatic carbocycles. The number of hydrogen-bond donors (Lipinski definition) is 1. The summed E-state index contributed by atoms with van der Waals surface area (Å²) in [5.41, 5.74) is 2.59. The summed E-state index contributed by atoms with van der Waals surface area (Å²) in [5.74, 6) is -0.799. The maximum Gasteiger partial charge on any atom is 0.416 e. The van der Waals surface area contributed by atoms with Crippen LogP contribution >= 0.6 is 0 Å². The SMILES string of the molecule is CC1=NN(CC(=O)N/N=C/c2ccc(C(F)(F)F)cc2)C(=O)CC1. The molecule has 1 aliphatic heterocycles. The van der Waals surface area contributed by atoms with Gasteiger partial charge in [-0.1, -0.05) is 12.1 Å². The average molecular weight is 340 g/mol. The Morgan fingerprint density at radius 3 is 2.62 bits per heavy atom. The van der Waals surface area contributed by atoms with Gasteiger partial charge in [-0.2, -0.15) is 23.4 Å². The molecule has 1 N–H and O–H groups in total. The number of nitrogens with one attached hydrogen (secondary N) is 1. The molecule has 1 heterocycles. The molecule has 0 radical (unpaired) electrons. The van der Waals surface area contributed by atoms with Crippen LogP contribution in [0.1, 0.15) is 30.9 Å². The highest BCUT2D eigenvalue weighted by atomic mass is 19.4. The zero-order valence-corrected chi connectivity index (χ0v) is 12.8. The number of hydrazone groups is 2. The van der Waals surface area contributed by atoms with E-state index in [9.17, 15) is 22.8 Å². The van der Waals surface area contributed by atoms with Gasteiger partial charge in [0.1, 0.15) is 6.54 Å². The van der Waals surface area contributed by atoms with Gasteiger partial charge in [-0.05, 0) is 31.0 Å². The first kappa shape index (κ1) is 17.6. The summed E-state index contributed by atoms with van der Waals surface area (Å²) in [6.45, 7) is 1.50. The third kappa shape index (κ3) is 4.90. The molecule has 0 fully saturated rings. The molecule has 0 saturated heterocycles. The molecule has 6 nitrogen and oxygen atoms in total. The molecule has 9 heteroatoms. The van der Waals surface area contributed by atoms with Crippen LogP contribution in [0.3, 0.4) is 0 Å². The number of hydrogen-bond acceptors (Lipinski definition) is 4. The fourth-order valence-electron chi connectivity index (χ4n) is 1.96. The summed E-state index contributed by atoms with van der Waals surface area (Å²) in [6, 6.07) is 4.32. The lowest BCUT2D eigenvalue weighted by atomic mass is 10.1. The maximum absolute atomic E-state index is 12.4. The third-order valence-corrected chi connectivity index (χ3v) is 3.21. The third-order valence-electron chi connectivity index (χ3n) is 3.21. The molecule has 128 valence electrons. The molecule has 1 aromatic rings. The predicted molar refractivity (Wildman–Crippen MR) is 81.2 cm³/mol. The lowest BCUT2D eigenvalue weighted by Gasteiger charge is -2.21. The standard InChI is InChI=1S/C15H15F3N4O2/c1-10-2-7-14(24)22(21-10)9-13(23)20-19-8-11-3-5-12(6-4-11)15(16,17)18/h3-6,8H,2,7,9H2,1H3,(H,20,23)/b19-8+. The van der Waals surface area contributed by atoms with E-state index in [1.54, 1.807) is 6.92 Å². The van der Waals surface area contributed by atoms with E-state index >= 15 is 0 Å². The highest BCUT2D eigenvalue weighted by Crippen LogP contribution is 2.28. The minimum atomic E-state index is -4.40. The minimum Gasteiger partial charge on any atom is -0.273 e. The molecule has 0 atom stereocenters. The Kier molecular flexibility index (Phi) is 5.32. The van der Waals surface area contributed by atoms with E-state index in [2.05, 4.69) is 15.6 Å². The molecule has 2 amide bonds. The van der Waals surface area contributed by atoms with Crippen molar-refractivity contribution in [3.63, 3.8) is 0 Å². The number of halogens is 3. The maximum atomic E-state index is 12.4. The number of rotatable bonds is 4. The Balaban J connectivity index is 1.88. The first-order valence-electron chi connectivity index (χ1n) is 7.09. The quantitative estimate of drug-likeness (QED) is 0.674. The van der Waals surface area contributed by atoms with Crippen LogP contribution in [0, 0.1) is 0 Å². The Labute approximate surface area is 136 Å². The van der Waals surface area contributed by atoms with Gasteiger partial charge in [0.2, 0.25) is 5.91 Å². The Morgan fingerprint density at radius 2 is 2.00 bits per heavy atom. The lowest BCUT2D eigenvalue weighted by molar-refractivity contribution is -0.137. The van der Waals surface area contributed by atoms with Gasteiger partial charge in [0, 0.05) is 12.1 Å². The number of carbonyl (C=O) groups excluding carboxylic acids is 2. The first-order chi connectivity index (χ1) is 11.3. The summed E-state index contributed by atoms with van der Waals surface area (Å²) in [4.78, 5) is 23.3. The van der Waals surface area contributed by atoms with E-state index in [1.165, 1.54) is 18.3 Å². The second-order valence-electron chi connectivity index (χ2n) is 5.20. The fraction of sp³-hybridized carbons (Fsp3) is 0.333. The van der Waals surface area contributed by atoms with Crippen LogP contribution in [0.4, 0.5) is 13.2 Å². The van der Waals surface area contributed by atoms with Crippen molar-refractivity contribution in [1.29, 1.82) is 0 Å². The van der Waals surface area contributed by atoms with Crippen molar-refractivity contribution in [1.82, 2.24) is 10.4 Å². The molecule has 24 heavy (non-hydrogen) atoms. The molecule has 1 aromatic carbocycles. The van der Waals surface area contributed by atoms with Crippen molar-refractivity contribution in [2.24, 2.45) is 10.2 Å². The summed E-state index contributed by atoms with van der Waals surface area (Å²) in [5, 5.41) is 8.71. The van der Waals surface area contributed by atoms with Crippen molar-refractivity contribution in [3.05, 3.63) is 35.4 Å². The van der Waals surface area contributed by atoms with Crippen LogP contribution < -0.4 is 5.43 Å². The summed E-state index contributed by atoms with van der Waals surface area (Å²) < 4.78 is 37.3. The van der Waals surface area contributed by atoms with Gasteiger partial charge >= 0.3 is 6.18 Å². The van der Waals surface area contributed by atoms with Crippen LogP contribution in [0.2, 0.25) is 0 Å². The number of benzene rings is 1. The molecular formula is C15H15F3N4O2. The fourth-order valence-corrected chi connectivity index (χ4v) is 1.96. The van der Waals surface area contributed by atoms with Gasteiger partial charge in [0.05, 0.1) is 11.8 Å². The minimum absolute atomic E-state index is 0.248. The van der Waals surface area contributed by atoms with E-state index < -0.39 is 17.6 Å². The highest BCUT2D eigenvalue weighted by Gasteiger charge is 2.29. The zero-order chi connectivity index (χ0) is 17.7. The van der Waals surface area contributed by atoms with Crippen molar-refractivity contribution in [3.8, 4) is 0 Å². The average Bonchev–Trinajstić information content (AvgIpc) is 2.50. The second kappa shape index (κ2) is 7.24. The predicted octanol–water partition coefficient (Wildman–Crippen LogP) is 2.15. The monoisotopic (exact) mass is 340 g/mol. The van der Waals surface area contributed by atoms with E-state index in [0.717, 1.165) is 22.9 Å². The van der Waals surface area contributed by atoms with Crippen LogP contribution in [0.15, 0.2) is 34.5 Å². The van der Waals surface area contributed by atoms with Crippen molar-refractivity contribution < 1.29 is 22.8 Å². The molecule has 1 aliphatic rings. The van der Waals surface area contributed by atoms with Gasteiger partial charge in [0.25, 0.3) is 5.91 Å². The number of nitrogens with zero attached hydrogens (tertiary/aromatic N) is 3. The number of alkyl halides is 3. The summed E-state index contributed by atoms with van der Waals surface area (Å²) in [7, 11) is 0. The van der Waals surface area contributed by atoms with Crippen molar-refractivity contribution >= 4 is 23.7 Å². The molecule has 2 rings (SSSR count). The first-order valence-corrected chi connectivity index (χ1v) is 7.09. The molecule has 0 saturated carbocycles. The Bertz CT molecular complexity index is 681. The van der Waals surface area contributed by atoms with Crippen LogP contribution in [0.25, 0.3) is 0 Å². The van der Waals surface area contributed by atoms with Gasteiger partial charge in [-0.15, -0.1) is 0 Å². The van der Waals surface area contributed by atoms with Crippen LogP contribution in [-0.4, -0.2) is 35.3 Å². The number of amides is 2. The van der Waals surface area contributed by atoms with Gasteiger partial charge in [-0.3, -0.25) is 9.59 Å². The Morgan fingerprint density at radius 1 is 1.33 bits per heavy atom. The second-order valence-corrected chi connectivity index (χ2v) is 5.20. The van der Waals surface area contributed by atoms with Gasteiger partial charge in [-0.25, -0.2) is 10.4 Å². The molecule has 0 unspecified atom stereocenters. The molecule has 0 aromatic heterocycles. The lowest BCUT2D eigenvalue weighted by Crippen LogP contribution is -2.38. The molecular weight excluding hydrogens is 325 g/mol. The van der Waals surface area contributed by atoms with E-state index in [0.29, 0.717) is 18.4 Å². The molecule has 0 bridgehead atoms. The summed E-state index contributed by atoms with van der Waals surface area (Å²) >= 11 is 0. The zero-order valence-electron chi connectivity index (χ0n) is 12.8. The van der Waals surface area contributed by atoms with Gasteiger partial charge < -0.3 is 0 Å². The van der Waals surface area contributed by atoms with Crippen molar-refractivity contribution in [2.75, 3.05) is 6.54 Å². The van der Waals surface area contributed by atoms with E-state index in [4.69, 9.17) is 0 Å². The topological polar surface area (TPSA) is 74.1 Å². The highest BCUT2D eigenvalue weighted by molar-refractivity contribution is 5.93. The van der Waals surface area contributed by atoms with Gasteiger partial charge in [0.15, 0.2) is 0 Å². The van der Waals surface area contributed by atoms with Crippen LogP contribution in [0.5, 0.6) is 0 Å². The molecule has 0 spiro atoms. The number of carbonyl (C=O) groups is 2.